The summed E-state index contributed by atoms with van der Waals surface area (Å²) in [6.45, 7) is 5.99. The Morgan fingerprint density at radius 3 is 2.92 bits per heavy atom. The van der Waals surface area contributed by atoms with Gasteiger partial charge in [-0.2, -0.15) is 4.98 Å². The maximum absolute atomic E-state index is 12.0. The molecule has 134 valence electrons. The van der Waals surface area contributed by atoms with Gasteiger partial charge in [0.2, 0.25) is 11.9 Å². The molecule has 7 nitrogen and oxygen atoms in total. The number of hydrogen-bond donors (Lipinski definition) is 2. The highest BCUT2D eigenvalue weighted by Gasteiger charge is 2.22. The fourth-order valence-corrected chi connectivity index (χ4v) is 2.89. The molecule has 1 aliphatic heterocycles. The predicted molar refractivity (Wildman–Crippen MR) is 95.3 cm³/mol. The molecule has 2 heterocycles. The summed E-state index contributed by atoms with van der Waals surface area (Å²) in [4.78, 5) is 22.9. The van der Waals surface area contributed by atoms with Crippen molar-refractivity contribution in [2.45, 2.75) is 32.6 Å². The zero-order valence-corrected chi connectivity index (χ0v) is 14.8. The van der Waals surface area contributed by atoms with Crippen molar-refractivity contribution in [1.82, 2.24) is 15.3 Å². The third kappa shape index (κ3) is 5.96. The van der Waals surface area contributed by atoms with Gasteiger partial charge in [0.1, 0.15) is 5.82 Å². The third-order valence-corrected chi connectivity index (χ3v) is 4.27. The minimum absolute atomic E-state index is 0.157. The van der Waals surface area contributed by atoms with Crippen LogP contribution in [0.1, 0.15) is 32.6 Å². The predicted octanol–water partition coefficient (Wildman–Crippen LogP) is 1.67. The van der Waals surface area contributed by atoms with Gasteiger partial charge in [0.15, 0.2) is 0 Å². The van der Waals surface area contributed by atoms with Crippen molar-refractivity contribution in [2.24, 2.45) is 5.92 Å². The van der Waals surface area contributed by atoms with E-state index in [-0.39, 0.29) is 5.91 Å². The van der Waals surface area contributed by atoms with E-state index in [2.05, 4.69) is 25.5 Å². The van der Waals surface area contributed by atoms with Crippen LogP contribution in [0.4, 0.5) is 11.8 Å². The fraction of sp³-hybridized carbons (Fsp3) is 0.706. The number of piperidine rings is 1. The molecule has 0 radical (unpaired) electrons. The molecule has 1 aliphatic rings. The number of carbonyl (C=O) groups excluding carboxylic acids is 1. The first-order valence-electron chi connectivity index (χ1n) is 8.83. The van der Waals surface area contributed by atoms with Crippen molar-refractivity contribution < 1.29 is 9.53 Å². The molecule has 1 fully saturated rings. The van der Waals surface area contributed by atoms with Crippen molar-refractivity contribution in [3.8, 4) is 0 Å². The van der Waals surface area contributed by atoms with Gasteiger partial charge in [0.25, 0.3) is 0 Å². The molecule has 1 aromatic heterocycles. The number of ether oxygens (including phenoxy) is 1. The number of amides is 1. The molecule has 0 unspecified atom stereocenters. The van der Waals surface area contributed by atoms with E-state index in [0.29, 0.717) is 31.4 Å². The van der Waals surface area contributed by atoms with Crippen LogP contribution in [0.3, 0.4) is 0 Å². The number of carbonyl (C=O) groups is 1. The van der Waals surface area contributed by atoms with Gasteiger partial charge in [-0.3, -0.25) is 4.79 Å². The van der Waals surface area contributed by atoms with E-state index >= 15 is 0 Å². The van der Waals surface area contributed by atoms with E-state index < -0.39 is 0 Å². The first kappa shape index (κ1) is 18.4. The van der Waals surface area contributed by atoms with Crippen LogP contribution in [0.2, 0.25) is 0 Å². The number of rotatable bonds is 9. The van der Waals surface area contributed by atoms with Gasteiger partial charge < -0.3 is 20.3 Å². The molecule has 0 bridgehead atoms. The van der Waals surface area contributed by atoms with E-state index in [1.807, 2.05) is 20.0 Å². The standard InChI is InChI=1S/C17H29N5O2/c1-3-24-12-4-8-19-16(23)13-14-6-10-22(11-7-14)15-5-9-20-17(18-2)21-15/h5,9,14H,3-4,6-8,10-13H2,1-2H3,(H,19,23)(H,18,20,21). The van der Waals surface area contributed by atoms with Crippen LogP contribution < -0.4 is 15.5 Å². The lowest BCUT2D eigenvalue weighted by Crippen LogP contribution is -2.36. The van der Waals surface area contributed by atoms with Crippen LogP contribution >= 0.6 is 0 Å². The lowest BCUT2D eigenvalue weighted by molar-refractivity contribution is -0.122. The summed E-state index contributed by atoms with van der Waals surface area (Å²) < 4.78 is 5.26. The Labute approximate surface area is 144 Å². The Hall–Kier alpha value is -1.89. The van der Waals surface area contributed by atoms with E-state index in [9.17, 15) is 4.79 Å². The second-order valence-electron chi connectivity index (χ2n) is 6.02. The highest BCUT2D eigenvalue weighted by Crippen LogP contribution is 2.24. The zero-order chi connectivity index (χ0) is 17.2. The second kappa shape index (κ2) is 10.1. The summed E-state index contributed by atoms with van der Waals surface area (Å²) in [5.41, 5.74) is 0. The largest absolute Gasteiger partial charge is 0.382 e. The van der Waals surface area contributed by atoms with Gasteiger partial charge in [0.05, 0.1) is 0 Å². The number of hydrogen-bond acceptors (Lipinski definition) is 6. The van der Waals surface area contributed by atoms with E-state index in [1.54, 1.807) is 6.20 Å². The summed E-state index contributed by atoms with van der Waals surface area (Å²) in [5, 5.41) is 5.95. The molecule has 0 aromatic carbocycles. The molecule has 0 atom stereocenters. The minimum atomic E-state index is 0.157. The summed E-state index contributed by atoms with van der Waals surface area (Å²) in [6, 6.07) is 1.94. The highest BCUT2D eigenvalue weighted by atomic mass is 16.5. The molecule has 0 saturated carbocycles. The zero-order valence-electron chi connectivity index (χ0n) is 14.8. The number of nitrogens with zero attached hydrogens (tertiary/aromatic N) is 3. The molecule has 1 aromatic rings. The third-order valence-electron chi connectivity index (χ3n) is 4.27. The Morgan fingerprint density at radius 1 is 1.42 bits per heavy atom. The Morgan fingerprint density at radius 2 is 2.21 bits per heavy atom. The van der Waals surface area contributed by atoms with Gasteiger partial charge in [-0.25, -0.2) is 4.98 Å². The summed E-state index contributed by atoms with van der Waals surface area (Å²) >= 11 is 0. The van der Waals surface area contributed by atoms with Crippen LogP contribution in [0, 0.1) is 5.92 Å². The first-order valence-corrected chi connectivity index (χ1v) is 8.83. The molecule has 2 N–H and O–H groups in total. The minimum Gasteiger partial charge on any atom is -0.382 e. The Bertz CT molecular complexity index is 504. The van der Waals surface area contributed by atoms with Gasteiger partial charge in [-0.05, 0) is 38.2 Å². The molecule has 2 rings (SSSR count). The van der Waals surface area contributed by atoms with Crippen LogP contribution in [0.15, 0.2) is 12.3 Å². The monoisotopic (exact) mass is 335 g/mol. The van der Waals surface area contributed by atoms with Gasteiger partial charge >= 0.3 is 0 Å². The summed E-state index contributed by atoms with van der Waals surface area (Å²) in [5.74, 6) is 2.21. The summed E-state index contributed by atoms with van der Waals surface area (Å²) in [7, 11) is 1.82. The van der Waals surface area contributed by atoms with E-state index in [1.165, 1.54) is 0 Å². The molecular weight excluding hydrogens is 306 g/mol. The molecule has 24 heavy (non-hydrogen) atoms. The topological polar surface area (TPSA) is 79.4 Å². The SMILES string of the molecule is CCOCCCNC(=O)CC1CCN(c2ccnc(NC)n2)CC1. The average Bonchev–Trinajstić information content (AvgIpc) is 2.62. The molecule has 0 spiro atoms. The molecular formula is C17H29N5O2. The van der Waals surface area contributed by atoms with E-state index in [4.69, 9.17) is 4.74 Å². The van der Waals surface area contributed by atoms with Crippen molar-refractivity contribution in [2.75, 3.05) is 50.1 Å². The van der Waals surface area contributed by atoms with Crippen molar-refractivity contribution in [1.29, 1.82) is 0 Å². The van der Waals surface area contributed by atoms with E-state index in [0.717, 1.165) is 44.8 Å². The maximum Gasteiger partial charge on any atom is 0.224 e. The molecule has 1 saturated heterocycles. The molecule has 7 heteroatoms. The van der Waals surface area contributed by atoms with Crippen LogP contribution in [0.5, 0.6) is 0 Å². The van der Waals surface area contributed by atoms with Crippen LogP contribution in [-0.2, 0) is 9.53 Å². The van der Waals surface area contributed by atoms with Gasteiger partial charge in [-0.1, -0.05) is 0 Å². The smallest absolute Gasteiger partial charge is 0.224 e. The highest BCUT2D eigenvalue weighted by molar-refractivity contribution is 5.76. The number of aromatic nitrogens is 2. The number of anilines is 2. The first-order chi connectivity index (χ1) is 11.7. The lowest BCUT2D eigenvalue weighted by atomic mass is 9.93. The van der Waals surface area contributed by atoms with Crippen molar-refractivity contribution >= 4 is 17.7 Å². The summed E-state index contributed by atoms with van der Waals surface area (Å²) in [6.07, 6.45) is 5.31. The van der Waals surface area contributed by atoms with Crippen LogP contribution in [0.25, 0.3) is 0 Å². The lowest BCUT2D eigenvalue weighted by Gasteiger charge is -2.32. The van der Waals surface area contributed by atoms with Gasteiger partial charge in [-0.15, -0.1) is 0 Å². The molecule has 1 amide bonds. The van der Waals surface area contributed by atoms with Crippen LogP contribution in [-0.4, -0.2) is 55.8 Å². The average molecular weight is 335 g/mol. The van der Waals surface area contributed by atoms with Gasteiger partial charge in [0, 0.05) is 52.5 Å². The fourth-order valence-electron chi connectivity index (χ4n) is 2.89. The Balaban J connectivity index is 1.67. The quantitative estimate of drug-likeness (QED) is 0.668. The van der Waals surface area contributed by atoms with Crippen molar-refractivity contribution in [3.05, 3.63) is 12.3 Å². The Kier molecular flexibility index (Phi) is 7.74. The second-order valence-corrected chi connectivity index (χ2v) is 6.02. The van der Waals surface area contributed by atoms with Crippen molar-refractivity contribution in [3.63, 3.8) is 0 Å². The maximum atomic E-state index is 12.0. The normalized spacial score (nSPS) is 15.3. The number of nitrogens with one attached hydrogen (secondary N) is 2. The molecule has 0 aliphatic carbocycles.